The number of carbonyl (C=O) groups is 1. The van der Waals surface area contributed by atoms with E-state index in [1.165, 1.54) is 0 Å². The Morgan fingerprint density at radius 1 is 1.17 bits per heavy atom. The van der Waals surface area contributed by atoms with Crippen molar-refractivity contribution in [3.05, 3.63) is 56.7 Å². The number of nitrogens with zero attached hydrogens (tertiary/aromatic N) is 1. The van der Waals surface area contributed by atoms with Crippen molar-refractivity contribution < 1.29 is 4.79 Å². The lowest BCUT2D eigenvalue weighted by Gasteiger charge is -2.07. The molecule has 1 aromatic heterocycles. The molecular weight excluding hydrogens is 339 g/mol. The van der Waals surface area contributed by atoms with Crippen LogP contribution in [-0.2, 0) is 0 Å². The van der Waals surface area contributed by atoms with Gasteiger partial charge >= 0.3 is 0 Å². The summed E-state index contributed by atoms with van der Waals surface area (Å²) in [5.41, 5.74) is 0.747. The van der Waals surface area contributed by atoms with Crippen molar-refractivity contribution in [1.29, 1.82) is 0 Å². The van der Waals surface area contributed by atoms with Crippen LogP contribution in [0.5, 0.6) is 0 Å². The third kappa shape index (κ3) is 3.02. The minimum atomic E-state index is -0.347. The van der Waals surface area contributed by atoms with Crippen LogP contribution < -0.4 is 5.32 Å². The molecule has 0 fully saturated rings. The largest absolute Gasteiger partial charge is 0.319 e. The molecule has 2 aromatic rings. The standard InChI is InChI=1S/C12H7BrCl2N2O/c13-10-6-2-5-9(16-10)12(18)17-8-4-1-3-7(14)11(8)15/h1-6H,(H,17,18). The smallest absolute Gasteiger partial charge is 0.274 e. The van der Waals surface area contributed by atoms with Crippen LogP contribution in [0.3, 0.4) is 0 Å². The normalized spacial score (nSPS) is 10.2. The van der Waals surface area contributed by atoms with Gasteiger partial charge in [0.2, 0.25) is 0 Å². The quantitative estimate of drug-likeness (QED) is 0.819. The summed E-state index contributed by atoms with van der Waals surface area (Å²) in [6.07, 6.45) is 0. The Bertz CT molecular complexity index is 604. The zero-order chi connectivity index (χ0) is 13.1. The van der Waals surface area contributed by atoms with Gasteiger partial charge in [0.15, 0.2) is 0 Å². The average molecular weight is 346 g/mol. The van der Waals surface area contributed by atoms with Gasteiger partial charge in [-0.2, -0.15) is 0 Å². The first-order chi connectivity index (χ1) is 8.58. The Morgan fingerprint density at radius 2 is 1.89 bits per heavy atom. The molecular formula is C12H7BrCl2N2O. The number of halogens is 3. The Morgan fingerprint density at radius 3 is 2.61 bits per heavy atom. The van der Waals surface area contributed by atoms with Crippen LogP contribution in [0.15, 0.2) is 41.0 Å². The highest BCUT2D eigenvalue weighted by Crippen LogP contribution is 2.29. The molecule has 0 aliphatic carbocycles. The molecule has 2 rings (SSSR count). The summed E-state index contributed by atoms with van der Waals surface area (Å²) in [6, 6.07) is 10.1. The highest BCUT2D eigenvalue weighted by atomic mass is 79.9. The van der Waals surface area contributed by atoms with Crippen LogP contribution in [0, 0.1) is 0 Å². The van der Waals surface area contributed by atoms with E-state index in [-0.39, 0.29) is 5.91 Å². The fraction of sp³-hybridized carbons (Fsp3) is 0. The summed E-state index contributed by atoms with van der Waals surface area (Å²) < 4.78 is 0.590. The second-order valence-electron chi connectivity index (χ2n) is 3.40. The van der Waals surface area contributed by atoms with Gasteiger partial charge < -0.3 is 5.32 Å². The number of nitrogens with one attached hydrogen (secondary N) is 1. The van der Waals surface area contributed by atoms with Gasteiger partial charge in [-0.25, -0.2) is 4.98 Å². The summed E-state index contributed by atoms with van der Waals surface area (Å²) in [5.74, 6) is -0.347. The third-order valence-corrected chi connectivity index (χ3v) is 3.41. The number of benzene rings is 1. The van der Waals surface area contributed by atoms with Crippen LogP contribution in [-0.4, -0.2) is 10.9 Å². The molecule has 0 bridgehead atoms. The van der Waals surface area contributed by atoms with Crippen LogP contribution in [0.25, 0.3) is 0 Å². The SMILES string of the molecule is O=C(Nc1cccc(Cl)c1Cl)c1cccc(Br)n1. The van der Waals surface area contributed by atoms with Gasteiger partial charge in [0, 0.05) is 0 Å². The topological polar surface area (TPSA) is 42.0 Å². The van der Waals surface area contributed by atoms with Crippen LogP contribution in [0.1, 0.15) is 10.5 Å². The van der Waals surface area contributed by atoms with Crippen molar-refractivity contribution in [2.24, 2.45) is 0 Å². The van der Waals surface area contributed by atoms with Gasteiger partial charge in [0.25, 0.3) is 5.91 Å². The Balaban J connectivity index is 2.24. The lowest BCUT2D eigenvalue weighted by molar-refractivity contribution is 0.102. The maximum atomic E-state index is 11.9. The van der Waals surface area contributed by atoms with E-state index in [1.807, 2.05) is 0 Å². The molecule has 0 saturated heterocycles. The molecule has 1 aromatic carbocycles. The first-order valence-corrected chi connectivity index (χ1v) is 6.51. The minimum absolute atomic E-state index is 0.292. The van der Waals surface area contributed by atoms with Crippen molar-refractivity contribution in [3.8, 4) is 0 Å². The molecule has 6 heteroatoms. The molecule has 0 aliphatic rings. The van der Waals surface area contributed by atoms with Gasteiger partial charge in [-0.15, -0.1) is 0 Å². The van der Waals surface area contributed by atoms with E-state index in [4.69, 9.17) is 23.2 Å². The van der Waals surface area contributed by atoms with Gasteiger partial charge in [0.1, 0.15) is 10.3 Å². The van der Waals surface area contributed by atoms with Gasteiger partial charge in [0.05, 0.1) is 15.7 Å². The van der Waals surface area contributed by atoms with Crippen molar-refractivity contribution in [2.45, 2.75) is 0 Å². The number of amides is 1. The van der Waals surface area contributed by atoms with Gasteiger partial charge in [-0.1, -0.05) is 35.3 Å². The molecule has 0 atom stereocenters. The number of anilines is 1. The molecule has 0 spiro atoms. The van der Waals surface area contributed by atoms with E-state index in [2.05, 4.69) is 26.2 Å². The number of carbonyl (C=O) groups excluding carboxylic acids is 1. The molecule has 92 valence electrons. The van der Waals surface area contributed by atoms with E-state index in [0.29, 0.717) is 26.0 Å². The molecule has 1 amide bonds. The Labute approximate surface area is 122 Å². The fourth-order valence-electron chi connectivity index (χ4n) is 1.32. The second-order valence-corrected chi connectivity index (χ2v) is 5.00. The number of pyridine rings is 1. The molecule has 3 nitrogen and oxygen atoms in total. The van der Waals surface area contributed by atoms with E-state index >= 15 is 0 Å². The lowest BCUT2D eigenvalue weighted by atomic mass is 10.3. The van der Waals surface area contributed by atoms with Crippen molar-refractivity contribution in [3.63, 3.8) is 0 Å². The van der Waals surface area contributed by atoms with E-state index < -0.39 is 0 Å². The zero-order valence-corrected chi connectivity index (χ0v) is 12.1. The summed E-state index contributed by atoms with van der Waals surface area (Å²) in [4.78, 5) is 16.0. The summed E-state index contributed by atoms with van der Waals surface area (Å²) >= 11 is 15.0. The summed E-state index contributed by atoms with van der Waals surface area (Å²) in [5, 5.41) is 3.35. The van der Waals surface area contributed by atoms with Crippen molar-refractivity contribution >= 4 is 50.7 Å². The number of hydrogen-bond acceptors (Lipinski definition) is 2. The predicted molar refractivity (Wildman–Crippen MR) is 76.4 cm³/mol. The molecule has 0 unspecified atom stereocenters. The fourth-order valence-corrected chi connectivity index (χ4v) is 2.01. The first-order valence-electron chi connectivity index (χ1n) is 4.96. The Hall–Kier alpha value is -1.10. The maximum absolute atomic E-state index is 11.9. The highest BCUT2D eigenvalue weighted by molar-refractivity contribution is 9.10. The molecule has 0 radical (unpaired) electrons. The van der Waals surface area contributed by atoms with Crippen molar-refractivity contribution in [2.75, 3.05) is 5.32 Å². The van der Waals surface area contributed by atoms with Crippen LogP contribution >= 0.6 is 39.1 Å². The Kier molecular flexibility index (Phi) is 4.22. The minimum Gasteiger partial charge on any atom is -0.319 e. The zero-order valence-electron chi connectivity index (χ0n) is 8.95. The van der Waals surface area contributed by atoms with Crippen molar-refractivity contribution in [1.82, 2.24) is 4.98 Å². The second kappa shape index (κ2) is 5.69. The van der Waals surface area contributed by atoms with Gasteiger partial charge in [-0.3, -0.25) is 4.79 Å². The summed E-state index contributed by atoms with van der Waals surface area (Å²) in [6.45, 7) is 0. The molecule has 18 heavy (non-hydrogen) atoms. The predicted octanol–water partition coefficient (Wildman–Crippen LogP) is 4.40. The molecule has 0 aliphatic heterocycles. The number of aromatic nitrogens is 1. The first kappa shape index (κ1) is 13.3. The van der Waals surface area contributed by atoms with Gasteiger partial charge in [-0.05, 0) is 40.2 Å². The van der Waals surface area contributed by atoms with E-state index in [1.54, 1.807) is 36.4 Å². The molecule has 1 heterocycles. The molecule has 0 saturated carbocycles. The number of rotatable bonds is 2. The monoisotopic (exact) mass is 344 g/mol. The third-order valence-electron chi connectivity index (χ3n) is 2.15. The average Bonchev–Trinajstić information content (AvgIpc) is 2.35. The molecule has 1 N–H and O–H groups in total. The lowest BCUT2D eigenvalue weighted by Crippen LogP contribution is -2.13. The van der Waals surface area contributed by atoms with Crippen LogP contribution in [0.4, 0.5) is 5.69 Å². The van der Waals surface area contributed by atoms with E-state index in [9.17, 15) is 4.79 Å². The van der Waals surface area contributed by atoms with Crippen LogP contribution in [0.2, 0.25) is 10.0 Å². The van der Waals surface area contributed by atoms with E-state index in [0.717, 1.165) is 0 Å². The highest BCUT2D eigenvalue weighted by Gasteiger charge is 2.11. The number of hydrogen-bond donors (Lipinski definition) is 1. The maximum Gasteiger partial charge on any atom is 0.274 e. The summed E-state index contributed by atoms with van der Waals surface area (Å²) in [7, 11) is 0.